The Morgan fingerprint density at radius 3 is 2.72 bits per heavy atom. The fourth-order valence-corrected chi connectivity index (χ4v) is 6.22. The Balaban J connectivity index is 1.62. The third-order valence-corrected chi connectivity index (χ3v) is 8.34. The SMILES string of the molecule is CC1CCC(C(C)n2c(N3CCCC3C=CF)nc3nc(-c4n[nH]c(=O)o4)nc(-c4cncc(Cl)c4)c32)CC1. The first-order chi connectivity index (χ1) is 18.9. The molecule has 0 radical (unpaired) electrons. The minimum absolute atomic E-state index is 0.0389. The Hall–Kier alpha value is -3.60. The number of anilines is 1. The fourth-order valence-electron chi connectivity index (χ4n) is 6.05. The summed E-state index contributed by atoms with van der Waals surface area (Å²) >= 11 is 6.35. The number of nitrogens with one attached hydrogen (secondary N) is 1. The maximum atomic E-state index is 13.4. The van der Waals surface area contributed by atoms with E-state index < -0.39 is 5.76 Å². The van der Waals surface area contributed by atoms with E-state index in [1.54, 1.807) is 24.5 Å². The number of aromatic amines is 1. The van der Waals surface area contributed by atoms with E-state index in [2.05, 4.69) is 38.5 Å². The molecule has 4 aromatic heterocycles. The molecule has 1 saturated carbocycles. The number of pyridine rings is 1. The number of halogens is 2. The highest BCUT2D eigenvalue weighted by Crippen LogP contribution is 2.42. The molecule has 0 aromatic carbocycles. The molecule has 4 aromatic rings. The van der Waals surface area contributed by atoms with Crippen molar-refractivity contribution in [2.24, 2.45) is 11.8 Å². The van der Waals surface area contributed by atoms with Crippen LogP contribution in [0.1, 0.15) is 58.4 Å². The largest absolute Gasteiger partial charge is 0.434 e. The van der Waals surface area contributed by atoms with Crippen molar-refractivity contribution < 1.29 is 8.81 Å². The topological polar surface area (TPSA) is 119 Å². The van der Waals surface area contributed by atoms with E-state index in [0.29, 0.717) is 40.1 Å². The first-order valence-corrected chi connectivity index (χ1v) is 13.8. The van der Waals surface area contributed by atoms with Gasteiger partial charge in [-0.15, -0.1) is 5.10 Å². The molecule has 1 aliphatic carbocycles. The standard InChI is InChI=1S/C27H30ClFN8O2/c1-15-5-7-17(8-6-15)16(2)37-22-21(18-12-19(28)14-30-13-18)31-24(25-34-35-27(38)39-25)32-23(22)33-26(37)36-11-3-4-20(36)9-10-29/h9-10,12-17,20H,3-8,11H2,1-2H3,(H,35,38). The molecule has 10 nitrogen and oxygen atoms in total. The lowest BCUT2D eigenvalue weighted by Crippen LogP contribution is -2.32. The van der Waals surface area contributed by atoms with Gasteiger partial charge in [-0.05, 0) is 56.6 Å². The minimum Gasteiger partial charge on any atom is -0.384 e. The van der Waals surface area contributed by atoms with Crippen molar-refractivity contribution in [3.63, 3.8) is 0 Å². The normalized spacial score (nSPS) is 22.8. The van der Waals surface area contributed by atoms with Crippen LogP contribution in [0.2, 0.25) is 5.02 Å². The molecule has 0 spiro atoms. The van der Waals surface area contributed by atoms with Gasteiger partial charge < -0.3 is 13.9 Å². The summed E-state index contributed by atoms with van der Waals surface area (Å²) in [4.78, 5) is 32.7. The zero-order valence-corrected chi connectivity index (χ0v) is 22.6. The molecule has 1 aliphatic heterocycles. The summed E-state index contributed by atoms with van der Waals surface area (Å²) in [7, 11) is 0. The summed E-state index contributed by atoms with van der Waals surface area (Å²) in [6.45, 7) is 5.28. The van der Waals surface area contributed by atoms with Crippen LogP contribution in [0.3, 0.4) is 0 Å². The predicted molar refractivity (Wildman–Crippen MR) is 146 cm³/mol. The van der Waals surface area contributed by atoms with Crippen molar-refractivity contribution in [1.29, 1.82) is 0 Å². The van der Waals surface area contributed by atoms with E-state index in [4.69, 9.17) is 31.0 Å². The zero-order chi connectivity index (χ0) is 27.1. The molecule has 12 heteroatoms. The number of rotatable bonds is 6. The summed E-state index contributed by atoms with van der Waals surface area (Å²) in [5.41, 5.74) is 2.40. The number of hydrogen-bond acceptors (Lipinski definition) is 8. The summed E-state index contributed by atoms with van der Waals surface area (Å²) in [6, 6.07) is 1.75. The molecule has 1 saturated heterocycles. The molecular formula is C27H30ClFN8O2. The average molecular weight is 553 g/mol. The smallest absolute Gasteiger partial charge is 0.384 e. The van der Waals surface area contributed by atoms with Gasteiger partial charge in [-0.1, -0.05) is 31.4 Å². The number of imidazole rings is 1. The number of H-pyrrole nitrogens is 1. The summed E-state index contributed by atoms with van der Waals surface area (Å²) in [5, 5.41) is 6.66. The molecule has 6 rings (SSSR count). The van der Waals surface area contributed by atoms with Crippen LogP contribution in [-0.4, -0.2) is 47.3 Å². The van der Waals surface area contributed by atoms with Crippen molar-refractivity contribution >= 4 is 28.7 Å². The van der Waals surface area contributed by atoms with E-state index in [9.17, 15) is 9.18 Å². The maximum absolute atomic E-state index is 13.4. The highest BCUT2D eigenvalue weighted by Gasteiger charge is 2.34. The van der Waals surface area contributed by atoms with Crippen molar-refractivity contribution in [3.05, 3.63) is 46.4 Å². The molecule has 204 valence electrons. The van der Waals surface area contributed by atoms with Gasteiger partial charge in [0.05, 0.1) is 17.4 Å². The Labute approximate surface area is 229 Å². The highest BCUT2D eigenvalue weighted by molar-refractivity contribution is 6.30. The quantitative estimate of drug-likeness (QED) is 0.322. The van der Waals surface area contributed by atoms with Crippen LogP contribution < -0.4 is 10.7 Å². The first-order valence-electron chi connectivity index (χ1n) is 13.4. The van der Waals surface area contributed by atoms with Gasteiger partial charge in [0.1, 0.15) is 11.2 Å². The maximum Gasteiger partial charge on any atom is 0.434 e. The van der Waals surface area contributed by atoms with Gasteiger partial charge in [0.15, 0.2) is 5.65 Å². The van der Waals surface area contributed by atoms with Gasteiger partial charge in [0.25, 0.3) is 5.89 Å². The third kappa shape index (κ3) is 4.84. The molecular weight excluding hydrogens is 523 g/mol. The second-order valence-electron chi connectivity index (χ2n) is 10.6. The molecule has 2 aliphatic rings. The van der Waals surface area contributed by atoms with Gasteiger partial charge >= 0.3 is 5.76 Å². The highest BCUT2D eigenvalue weighted by atomic mass is 35.5. The van der Waals surface area contributed by atoms with E-state index in [1.807, 2.05) is 0 Å². The second-order valence-corrected chi connectivity index (χ2v) is 11.1. The molecule has 0 bridgehead atoms. The lowest BCUT2D eigenvalue weighted by molar-refractivity contribution is 0.228. The van der Waals surface area contributed by atoms with Crippen LogP contribution in [0.25, 0.3) is 34.1 Å². The minimum atomic E-state index is -0.705. The first kappa shape index (κ1) is 25.7. The Kier molecular flexibility index (Phi) is 6.92. The lowest BCUT2D eigenvalue weighted by atomic mass is 9.79. The van der Waals surface area contributed by atoms with E-state index in [-0.39, 0.29) is 23.8 Å². The average Bonchev–Trinajstić information content (AvgIpc) is 3.66. The zero-order valence-electron chi connectivity index (χ0n) is 21.8. The van der Waals surface area contributed by atoms with Crippen LogP contribution in [0.4, 0.5) is 10.3 Å². The van der Waals surface area contributed by atoms with Crippen LogP contribution in [0.15, 0.2) is 40.1 Å². The van der Waals surface area contributed by atoms with Gasteiger partial charge in [-0.2, -0.15) is 4.98 Å². The molecule has 5 heterocycles. The van der Waals surface area contributed by atoms with E-state index >= 15 is 0 Å². The molecule has 2 fully saturated rings. The van der Waals surface area contributed by atoms with Crippen molar-refractivity contribution in [1.82, 2.24) is 34.7 Å². The van der Waals surface area contributed by atoms with Gasteiger partial charge in [0.2, 0.25) is 11.8 Å². The third-order valence-electron chi connectivity index (χ3n) is 8.14. The Morgan fingerprint density at radius 2 is 2.00 bits per heavy atom. The van der Waals surface area contributed by atoms with Crippen LogP contribution in [-0.2, 0) is 0 Å². The monoisotopic (exact) mass is 552 g/mol. The van der Waals surface area contributed by atoms with Crippen molar-refractivity contribution in [2.75, 3.05) is 11.4 Å². The molecule has 0 amide bonds. The lowest BCUT2D eigenvalue weighted by Gasteiger charge is -2.34. The van der Waals surface area contributed by atoms with Gasteiger partial charge in [-0.25, -0.2) is 24.3 Å². The summed E-state index contributed by atoms with van der Waals surface area (Å²) in [5.74, 6) is 1.25. The molecule has 2 unspecified atom stereocenters. The predicted octanol–water partition coefficient (Wildman–Crippen LogP) is 5.72. The number of aromatic nitrogens is 7. The van der Waals surface area contributed by atoms with Crippen LogP contribution in [0, 0.1) is 11.8 Å². The Bertz CT molecular complexity index is 1570. The van der Waals surface area contributed by atoms with E-state index in [0.717, 1.165) is 43.7 Å². The number of hydrogen-bond donors (Lipinski definition) is 1. The van der Waals surface area contributed by atoms with Crippen molar-refractivity contribution in [2.45, 2.75) is 64.5 Å². The summed E-state index contributed by atoms with van der Waals surface area (Å²) < 4.78 is 20.8. The fraction of sp³-hybridized carbons (Fsp3) is 0.481. The number of fused-ring (bicyclic) bond motifs is 1. The Morgan fingerprint density at radius 1 is 1.18 bits per heavy atom. The van der Waals surface area contributed by atoms with Crippen LogP contribution >= 0.6 is 11.6 Å². The van der Waals surface area contributed by atoms with Crippen molar-refractivity contribution in [3.8, 4) is 23.0 Å². The summed E-state index contributed by atoms with van der Waals surface area (Å²) in [6.07, 6.45) is 11.8. The molecule has 2 atom stereocenters. The number of nitrogens with zero attached hydrogens (tertiary/aromatic N) is 7. The second kappa shape index (κ2) is 10.5. The van der Waals surface area contributed by atoms with Gasteiger partial charge in [0, 0.05) is 30.5 Å². The van der Waals surface area contributed by atoms with Gasteiger partial charge in [-0.3, -0.25) is 4.98 Å². The molecule has 39 heavy (non-hydrogen) atoms. The van der Waals surface area contributed by atoms with E-state index in [1.165, 1.54) is 12.8 Å². The van der Waals surface area contributed by atoms with Crippen LogP contribution in [0.5, 0.6) is 0 Å². The molecule has 1 N–H and O–H groups in total.